The Kier molecular flexibility index (Phi) is 5.00. The Morgan fingerprint density at radius 1 is 1.30 bits per heavy atom. The number of nitrogen functional groups attached to an aromatic ring is 1. The second-order valence-corrected chi connectivity index (χ2v) is 9.48. The molecule has 144 valence electrons. The predicted octanol–water partition coefficient (Wildman–Crippen LogP) is 2.42. The molecule has 0 aliphatic carbocycles. The van der Waals surface area contributed by atoms with Crippen molar-refractivity contribution >= 4 is 38.3 Å². The quantitative estimate of drug-likeness (QED) is 0.425. The first-order valence-corrected chi connectivity index (χ1v) is 10.5. The fourth-order valence-electron chi connectivity index (χ4n) is 2.74. The van der Waals surface area contributed by atoms with Crippen LogP contribution in [0.1, 0.15) is 19.4 Å². The molecule has 0 bridgehead atoms. The minimum Gasteiger partial charge on any atom is -0.382 e. The van der Waals surface area contributed by atoms with E-state index in [1.165, 1.54) is 4.57 Å². The zero-order valence-corrected chi connectivity index (χ0v) is 16.6. The Morgan fingerprint density at radius 2 is 1.96 bits per heavy atom. The van der Waals surface area contributed by atoms with Gasteiger partial charge in [0.05, 0.1) is 6.54 Å². The summed E-state index contributed by atoms with van der Waals surface area (Å²) in [5.41, 5.74) is 6.42. The van der Waals surface area contributed by atoms with E-state index in [9.17, 15) is 9.00 Å². The summed E-state index contributed by atoms with van der Waals surface area (Å²) < 4.78 is 22.6. The predicted molar refractivity (Wildman–Crippen MR) is 107 cm³/mol. The van der Waals surface area contributed by atoms with Gasteiger partial charge in [0.2, 0.25) is 5.16 Å². The van der Waals surface area contributed by atoms with E-state index >= 15 is 0 Å². The molecule has 0 aliphatic heterocycles. The molecule has 4 N–H and O–H groups in total. The molecule has 1 unspecified atom stereocenters. The summed E-state index contributed by atoms with van der Waals surface area (Å²) in [5, 5.41) is -0.188. The van der Waals surface area contributed by atoms with Gasteiger partial charge in [-0.15, -0.1) is 11.6 Å². The molecule has 0 saturated carbocycles. The van der Waals surface area contributed by atoms with Crippen molar-refractivity contribution in [3.63, 3.8) is 0 Å². The van der Waals surface area contributed by atoms with E-state index in [1.54, 1.807) is 0 Å². The van der Waals surface area contributed by atoms with Gasteiger partial charge in [-0.2, -0.15) is 4.98 Å². The van der Waals surface area contributed by atoms with E-state index in [0.29, 0.717) is 0 Å². The van der Waals surface area contributed by atoms with E-state index in [-0.39, 0.29) is 40.3 Å². The lowest BCUT2D eigenvalue weighted by Gasteiger charge is -2.21. The highest BCUT2D eigenvalue weighted by atomic mass is 35.5. The third kappa shape index (κ3) is 3.98. The number of aromatic nitrogens is 4. The number of fused-ring (bicyclic) bond motifs is 1. The highest BCUT2D eigenvalue weighted by Crippen LogP contribution is 2.25. The van der Waals surface area contributed by atoms with Gasteiger partial charge >= 0.3 is 5.69 Å². The highest BCUT2D eigenvalue weighted by Gasteiger charge is 2.27. The number of aromatic amines is 1. The lowest BCUT2D eigenvalue weighted by molar-refractivity contribution is 0.478. The molecule has 0 amide bonds. The third-order valence-electron chi connectivity index (χ3n) is 4.06. The van der Waals surface area contributed by atoms with Crippen molar-refractivity contribution in [1.29, 1.82) is 4.78 Å². The maximum atomic E-state index is 13.0. The van der Waals surface area contributed by atoms with Gasteiger partial charge in [0, 0.05) is 11.6 Å². The molecule has 0 saturated heterocycles. The molecule has 0 aliphatic rings. The SMILES string of the molecule is CC(C)(CCl)CS(=N)(=O)c1nc(N)c2[nH]c(=O)n(Cc3ccccc3)c2n1. The number of rotatable bonds is 6. The van der Waals surface area contributed by atoms with Crippen LogP contribution < -0.4 is 11.4 Å². The molecule has 3 aromatic rings. The van der Waals surface area contributed by atoms with Gasteiger partial charge in [-0.25, -0.2) is 18.8 Å². The summed E-state index contributed by atoms with van der Waals surface area (Å²) in [7, 11) is -3.34. The number of imidazole rings is 1. The van der Waals surface area contributed by atoms with Gasteiger partial charge in [0.25, 0.3) is 0 Å². The lowest BCUT2D eigenvalue weighted by atomic mass is 10.0. The number of halogens is 1. The summed E-state index contributed by atoms with van der Waals surface area (Å²) in [4.78, 5) is 23.3. The minimum atomic E-state index is -3.34. The van der Waals surface area contributed by atoms with Crippen LogP contribution in [0.5, 0.6) is 0 Å². The maximum absolute atomic E-state index is 13.0. The second-order valence-electron chi connectivity index (χ2n) is 7.21. The number of H-pyrrole nitrogens is 1. The number of hydrogen-bond acceptors (Lipinski definition) is 6. The topological polar surface area (TPSA) is 131 Å². The second kappa shape index (κ2) is 6.97. The van der Waals surface area contributed by atoms with Crippen LogP contribution in [0, 0.1) is 10.2 Å². The first kappa shape index (κ1) is 19.4. The average molecular weight is 409 g/mol. The Morgan fingerprint density at radius 3 is 2.59 bits per heavy atom. The number of nitrogens with zero attached hydrogens (tertiary/aromatic N) is 3. The van der Waals surface area contributed by atoms with Gasteiger partial charge in [-0.1, -0.05) is 44.2 Å². The van der Waals surface area contributed by atoms with Crippen LogP contribution in [0.25, 0.3) is 11.2 Å². The zero-order chi connectivity index (χ0) is 19.8. The molecule has 10 heteroatoms. The Labute approximate surface area is 161 Å². The summed E-state index contributed by atoms with van der Waals surface area (Å²) in [6.07, 6.45) is 0. The van der Waals surface area contributed by atoms with Crippen LogP contribution in [-0.4, -0.2) is 35.4 Å². The third-order valence-corrected chi connectivity index (χ3v) is 6.75. The van der Waals surface area contributed by atoms with Crippen molar-refractivity contribution in [1.82, 2.24) is 19.5 Å². The van der Waals surface area contributed by atoms with Crippen LogP contribution in [0.4, 0.5) is 5.82 Å². The van der Waals surface area contributed by atoms with Crippen LogP contribution in [0.3, 0.4) is 0 Å². The summed E-state index contributed by atoms with van der Waals surface area (Å²) in [6, 6.07) is 9.39. The minimum absolute atomic E-state index is 0.0115. The highest BCUT2D eigenvalue weighted by molar-refractivity contribution is 7.92. The van der Waals surface area contributed by atoms with Crippen molar-refractivity contribution < 1.29 is 4.21 Å². The number of hydrogen-bond donors (Lipinski definition) is 3. The van der Waals surface area contributed by atoms with Crippen molar-refractivity contribution in [2.45, 2.75) is 25.5 Å². The Bertz CT molecular complexity index is 1140. The molecule has 2 aromatic heterocycles. The van der Waals surface area contributed by atoms with Crippen LogP contribution in [0.2, 0.25) is 0 Å². The molecule has 0 spiro atoms. The monoisotopic (exact) mass is 408 g/mol. The van der Waals surface area contributed by atoms with Crippen LogP contribution in [-0.2, 0) is 16.3 Å². The number of nitrogens with two attached hydrogens (primary N) is 1. The largest absolute Gasteiger partial charge is 0.382 e. The van der Waals surface area contributed by atoms with Crippen molar-refractivity contribution in [3.05, 3.63) is 46.4 Å². The van der Waals surface area contributed by atoms with Gasteiger partial charge in [-0.3, -0.25) is 4.57 Å². The molecule has 0 radical (unpaired) electrons. The van der Waals surface area contributed by atoms with E-state index in [1.807, 2.05) is 44.2 Å². The normalized spacial score (nSPS) is 14.3. The van der Waals surface area contributed by atoms with E-state index in [4.69, 9.17) is 22.1 Å². The number of anilines is 1. The van der Waals surface area contributed by atoms with Gasteiger partial charge in [0.1, 0.15) is 15.2 Å². The van der Waals surface area contributed by atoms with Crippen molar-refractivity contribution in [2.75, 3.05) is 17.4 Å². The molecule has 1 aromatic carbocycles. The van der Waals surface area contributed by atoms with Crippen molar-refractivity contribution in [3.8, 4) is 0 Å². The molecule has 1 atom stereocenters. The van der Waals surface area contributed by atoms with E-state index in [0.717, 1.165) is 5.56 Å². The number of alkyl halides is 1. The molecule has 2 heterocycles. The van der Waals surface area contributed by atoms with Gasteiger partial charge in [0.15, 0.2) is 11.5 Å². The molecular formula is C17H21ClN6O2S. The standard InChI is InChI=1S/C17H21ClN6O2S/c1-17(2,9-18)10-27(20,26)15-22-13(19)12-14(23-15)24(16(25)21-12)8-11-6-4-3-5-7-11/h3-7,20H,8-10H2,1-2H3,(H,21,25)(H2,19,22,23). The zero-order valence-electron chi connectivity index (χ0n) is 15.0. The molecular weight excluding hydrogens is 388 g/mol. The van der Waals surface area contributed by atoms with Crippen LogP contribution >= 0.6 is 11.6 Å². The molecule has 27 heavy (non-hydrogen) atoms. The van der Waals surface area contributed by atoms with E-state index < -0.39 is 20.8 Å². The smallest absolute Gasteiger partial charge is 0.328 e. The van der Waals surface area contributed by atoms with Gasteiger partial charge in [-0.05, 0) is 11.0 Å². The summed E-state index contributed by atoms with van der Waals surface area (Å²) in [5.74, 6) is 0.216. The Hall–Kier alpha value is -2.39. The Balaban J connectivity index is 2.13. The molecule has 3 rings (SSSR count). The fraction of sp³-hybridized carbons (Fsp3) is 0.353. The van der Waals surface area contributed by atoms with Crippen LogP contribution in [0.15, 0.2) is 40.3 Å². The first-order chi connectivity index (χ1) is 12.6. The first-order valence-electron chi connectivity index (χ1n) is 8.25. The number of nitrogens with one attached hydrogen (secondary N) is 2. The fourth-order valence-corrected chi connectivity index (χ4v) is 4.76. The van der Waals surface area contributed by atoms with E-state index in [2.05, 4.69) is 15.0 Å². The lowest BCUT2D eigenvalue weighted by Crippen LogP contribution is -2.26. The number of benzene rings is 1. The summed E-state index contributed by atoms with van der Waals surface area (Å²) in [6.45, 7) is 3.90. The molecule has 0 fully saturated rings. The maximum Gasteiger partial charge on any atom is 0.328 e. The van der Waals surface area contributed by atoms with Gasteiger partial charge < -0.3 is 10.7 Å². The van der Waals surface area contributed by atoms with Crippen molar-refractivity contribution in [2.24, 2.45) is 5.41 Å². The molecule has 8 nitrogen and oxygen atoms in total. The summed E-state index contributed by atoms with van der Waals surface area (Å²) >= 11 is 5.91. The average Bonchev–Trinajstić information content (AvgIpc) is 2.92.